The van der Waals surface area contributed by atoms with Crippen LogP contribution in [0, 0.1) is 0 Å². The molecule has 2 aromatic rings. The standard InChI is InChI=1S/C20H23ClN2O4/c1-3-4-5-13-26-16-10-8-15(9-11-16)20(25)27-14(2)19(24)23-17-7-6-12-22-18(17)21/h6-12,14H,3-5,13H2,1-2H3,(H,23,24). The molecule has 144 valence electrons. The maximum atomic E-state index is 12.2. The van der Waals surface area contributed by atoms with Crippen molar-refractivity contribution in [3.8, 4) is 5.75 Å². The second kappa shape index (κ2) is 10.5. The topological polar surface area (TPSA) is 77.5 Å². The Kier molecular flexibility index (Phi) is 8.07. The van der Waals surface area contributed by atoms with Gasteiger partial charge in [-0.15, -0.1) is 0 Å². The van der Waals surface area contributed by atoms with Crippen LogP contribution < -0.4 is 10.1 Å². The molecule has 0 aliphatic heterocycles. The summed E-state index contributed by atoms with van der Waals surface area (Å²) in [4.78, 5) is 28.2. The summed E-state index contributed by atoms with van der Waals surface area (Å²) in [6.07, 6.45) is 3.77. The Morgan fingerprint density at radius 3 is 2.59 bits per heavy atom. The van der Waals surface area contributed by atoms with Crippen molar-refractivity contribution in [3.63, 3.8) is 0 Å². The third kappa shape index (κ3) is 6.57. The maximum Gasteiger partial charge on any atom is 0.338 e. The molecule has 1 heterocycles. The molecule has 1 N–H and O–H groups in total. The summed E-state index contributed by atoms with van der Waals surface area (Å²) in [5.74, 6) is -0.388. The molecule has 0 fully saturated rings. The summed E-state index contributed by atoms with van der Waals surface area (Å²) >= 11 is 5.90. The van der Waals surface area contributed by atoms with Crippen LogP contribution >= 0.6 is 11.6 Å². The summed E-state index contributed by atoms with van der Waals surface area (Å²) in [5.41, 5.74) is 0.701. The summed E-state index contributed by atoms with van der Waals surface area (Å²) in [5, 5.41) is 2.74. The first-order chi connectivity index (χ1) is 13.0. The van der Waals surface area contributed by atoms with Crippen molar-refractivity contribution >= 4 is 29.2 Å². The molecule has 0 aliphatic rings. The minimum absolute atomic E-state index is 0.166. The van der Waals surface area contributed by atoms with Crippen LogP contribution in [0.2, 0.25) is 5.15 Å². The van der Waals surface area contributed by atoms with Crippen LogP contribution in [-0.2, 0) is 9.53 Å². The average molecular weight is 391 g/mol. The third-order valence-electron chi connectivity index (χ3n) is 3.78. The van der Waals surface area contributed by atoms with Gasteiger partial charge in [-0.25, -0.2) is 9.78 Å². The zero-order chi connectivity index (χ0) is 19.6. The molecule has 6 nitrogen and oxygen atoms in total. The lowest BCUT2D eigenvalue weighted by Crippen LogP contribution is -2.30. The van der Waals surface area contributed by atoms with Crippen LogP contribution in [0.3, 0.4) is 0 Å². The highest BCUT2D eigenvalue weighted by atomic mass is 35.5. The Morgan fingerprint density at radius 1 is 1.19 bits per heavy atom. The number of pyridine rings is 1. The quantitative estimate of drug-likeness (QED) is 0.388. The first-order valence-corrected chi connectivity index (χ1v) is 9.24. The van der Waals surface area contributed by atoms with Gasteiger partial charge in [0.15, 0.2) is 11.3 Å². The number of nitrogens with one attached hydrogen (secondary N) is 1. The van der Waals surface area contributed by atoms with Crippen LogP contribution in [0.1, 0.15) is 43.5 Å². The van der Waals surface area contributed by atoms with Crippen molar-refractivity contribution in [2.45, 2.75) is 39.2 Å². The number of carbonyl (C=O) groups excluding carboxylic acids is 2. The number of hydrogen-bond donors (Lipinski definition) is 1. The zero-order valence-electron chi connectivity index (χ0n) is 15.4. The van der Waals surface area contributed by atoms with Crippen LogP contribution in [-0.4, -0.2) is 29.6 Å². The minimum atomic E-state index is -0.987. The number of amides is 1. The zero-order valence-corrected chi connectivity index (χ0v) is 16.2. The van der Waals surface area contributed by atoms with Crippen molar-refractivity contribution < 1.29 is 19.1 Å². The highest BCUT2D eigenvalue weighted by Gasteiger charge is 2.20. The van der Waals surface area contributed by atoms with E-state index in [-0.39, 0.29) is 5.15 Å². The van der Waals surface area contributed by atoms with E-state index in [2.05, 4.69) is 17.2 Å². The first kappa shape index (κ1) is 20.7. The van der Waals surface area contributed by atoms with Gasteiger partial charge in [0.25, 0.3) is 5.91 Å². The number of ether oxygens (including phenoxy) is 2. The summed E-state index contributed by atoms with van der Waals surface area (Å²) < 4.78 is 10.8. The van der Waals surface area contributed by atoms with Gasteiger partial charge in [0, 0.05) is 6.20 Å². The predicted octanol–water partition coefficient (Wildman–Crippen LogP) is 4.49. The molecule has 1 aromatic heterocycles. The Bertz CT molecular complexity index is 765. The van der Waals surface area contributed by atoms with E-state index in [0.29, 0.717) is 23.6 Å². The monoisotopic (exact) mass is 390 g/mol. The number of nitrogens with zero attached hydrogens (tertiary/aromatic N) is 1. The molecule has 1 aromatic carbocycles. The molecule has 0 radical (unpaired) electrons. The lowest BCUT2D eigenvalue weighted by molar-refractivity contribution is -0.123. The lowest BCUT2D eigenvalue weighted by Gasteiger charge is -2.14. The third-order valence-corrected chi connectivity index (χ3v) is 4.08. The molecule has 1 amide bonds. The first-order valence-electron chi connectivity index (χ1n) is 8.86. The molecular weight excluding hydrogens is 368 g/mol. The molecule has 0 saturated heterocycles. The van der Waals surface area contributed by atoms with Gasteiger partial charge in [-0.2, -0.15) is 0 Å². The van der Waals surface area contributed by atoms with Gasteiger partial charge in [-0.3, -0.25) is 4.79 Å². The van der Waals surface area contributed by atoms with Crippen LogP contribution in [0.4, 0.5) is 5.69 Å². The van der Waals surface area contributed by atoms with Gasteiger partial charge in [0.1, 0.15) is 5.75 Å². The molecule has 0 saturated carbocycles. The van der Waals surface area contributed by atoms with Gasteiger partial charge >= 0.3 is 5.97 Å². The summed E-state index contributed by atoms with van der Waals surface area (Å²) in [6.45, 7) is 4.27. The summed E-state index contributed by atoms with van der Waals surface area (Å²) in [6, 6.07) is 9.90. The molecular formula is C20H23ClN2O4. The summed E-state index contributed by atoms with van der Waals surface area (Å²) in [7, 11) is 0. The Labute approximate surface area is 163 Å². The van der Waals surface area contributed by atoms with Crippen molar-refractivity contribution in [2.75, 3.05) is 11.9 Å². The Hall–Kier alpha value is -2.60. The maximum absolute atomic E-state index is 12.2. The molecule has 0 bridgehead atoms. The number of rotatable bonds is 9. The van der Waals surface area contributed by atoms with E-state index in [0.717, 1.165) is 19.3 Å². The SMILES string of the molecule is CCCCCOc1ccc(C(=O)OC(C)C(=O)Nc2cccnc2Cl)cc1. The van der Waals surface area contributed by atoms with E-state index < -0.39 is 18.0 Å². The van der Waals surface area contributed by atoms with Gasteiger partial charge in [0.05, 0.1) is 17.9 Å². The van der Waals surface area contributed by atoms with Crippen molar-refractivity contribution in [1.29, 1.82) is 0 Å². The number of benzene rings is 1. The van der Waals surface area contributed by atoms with Crippen LogP contribution in [0.15, 0.2) is 42.6 Å². The van der Waals surface area contributed by atoms with Crippen LogP contribution in [0.5, 0.6) is 5.75 Å². The van der Waals surface area contributed by atoms with Gasteiger partial charge in [-0.1, -0.05) is 31.4 Å². The second-order valence-corrected chi connectivity index (χ2v) is 6.32. The lowest BCUT2D eigenvalue weighted by atomic mass is 10.2. The molecule has 0 aliphatic carbocycles. The van der Waals surface area contributed by atoms with E-state index in [9.17, 15) is 9.59 Å². The van der Waals surface area contributed by atoms with Gasteiger partial charge in [0.2, 0.25) is 0 Å². The molecule has 7 heteroatoms. The molecule has 1 atom stereocenters. The van der Waals surface area contributed by atoms with E-state index >= 15 is 0 Å². The number of anilines is 1. The fraction of sp³-hybridized carbons (Fsp3) is 0.350. The van der Waals surface area contributed by atoms with E-state index in [1.807, 2.05) is 0 Å². The number of aromatic nitrogens is 1. The molecule has 27 heavy (non-hydrogen) atoms. The Morgan fingerprint density at radius 2 is 1.93 bits per heavy atom. The Balaban J connectivity index is 1.86. The fourth-order valence-electron chi connectivity index (χ4n) is 2.23. The minimum Gasteiger partial charge on any atom is -0.494 e. The van der Waals surface area contributed by atoms with Crippen molar-refractivity contribution in [1.82, 2.24) is 4.98 Å². The smallest absolute Gasteiger partial charge is 0.338 e. The highest BCUT2D eigenvalue weighted by Crippen LogP contribution is 2.18. The normalized spacial score (nSPS) is 11.5. The van der Waals surface area contributed by atoms with Gasteiger partial charge < -0.3 is 14.8 Å². The number of halogens is 1. The average Bonchev–Trinajstić information content (AvgIpc) is 2.67. The number of hydrogen-bond acceptors (Lipinski definition) is 5. The van der Waals surface area contributed by atoms with Crippen LogP contribution in [0.25, 0.3) is 0 Å². The largest absolute Gasteiger partial charge is 0.494 e. The second-order valence-electron chi connectivity index (χ2n) is 5.96. The van der Waals surface area contributed by atoms with Crippen molar-refractivity contribution in [3.05, 3.63) is 53.3 Å². The van der Waals surface area contributed by atoms with Gasteiger partial charge in [-0.05, 0) is 49.7 Å². The van der Waals surface area contributed by atoms with E-state index in [1.165, 1.54) is 13.1 Å². The number of esters is 1. The predicted molar refractivity (Wildman–Crippen MR) is 104 cm³/mol. The fourth-order valence-corrected chi connectivity index (χ4v) is 2.39. The molecule has 0 spiro atoms. The molecule has 2 rings (SSSR count). The van der Waals surface area contributed by atoms with E-state index in [1.54, 1.807) is 36.4 Å². The van der Waals surface area contributed by atoms with Crippen molar-refractivity contribution in [2.24, 2.45) is 0 Å². The molecule has 1 unspecified atom stereocenters. The number of carbonyl (C=O) groups is 2. The van der Waals surface area contributed by atoms with E-state index in [4.69, 9.17) is 21.1 Å². The number of unbranched alkanes of at least 4 members (excludes halogenated alkanes) is 2. The highest BCUT2D eigenvalue weighted by molar-refractivity contribution is 6.32.